The lowest BCUT2D eigenvalue weighted by molar-refractivity contribution is -0.141. The number of hydrogen-bond donors (Lipinski definition) is 3. The summed E-state index contributed by atoms with van der Waals surface area (Å²) < 4.78 is 46.1. The van der Waals surface area contributed by atoms with Crippen molar-refractivity contribution in [2.75, 3.05) is 24.1 Å². The summed E-state index contributed by atoms with van der Waals surface area (Å²) in [5, 5.41) is 9.81. The van der Waals surface area contributed by atoms with Crippen LogP contribution in [0.3, 0.4) is 0 Å². The van der Waals surface area contributed by atoms with Crippen molar-refractivity contribution in [1.29, 1.82) is 0 Å². The number of hydrogen-bond acceptors (Lipinski definition) is 7. The lowest BCUT2D eigenvalue weighted by atomic mass is 10.1. The second-order valence-corrected chi connectivity index (χ2v) is 7.27. The number of carbonyl (C=O) groups excluding carboxylic acids is 1. The number of ether oxygens (including phenoxy) is 1. The number of carbonyl (C=O) groups is 1. The van der Waals surface area contributed by atoms with Crippen LogP contribution in [0.5, 0.6) is 5.75 Å². The highest BCUT2D eigenvalue weighted by Crippen LogP contribution is 2.35. The van der Waals surface area contributed by atoms with Crippen LogP contribution >= 0.6 is 11.6 Å². The van der Waals surface area contributed by atoms with Gasteiger partial charge in [-0.05, 0) is 32.0 Å². The molecule has 0 bridgehead atoms. The van der Waals surface area contributed by atoms with E-state index < -0.39 is 17.8 Å². The number of alkyl halides is 3. The summed E-state index contributed by atoms with van der Waals surface area (Å²) >= 11 is 6.22. The van der Waals surface area contributed by atoms with Crippen LogP contribution in [0.1, 0.15) is 28.9 Å². The van der Waals surface area contributed by atoms with Crippen LogP contribution in [-0.4, -0.2) is 44.7 Å². The number of aromatic nitrogens is 4. The quantitative estimate of drug-likeness (QED) is 0.553. The molecule has 9 nitrogen and oxygen atoms in total. The van der Waals surface area contributed by atoms with Gasteiger partial charge in [0.1, 0.15) is 28.1 Å². The molecule has 1 saturated heterocycles. The third-order valence-corrected chi connectivity index (χ3v) is 4.97. The molecule has 1 fully saturated rings. The van der Waals surface area contributed by atoms with Gasteiger partial charge >= 0.3 is 6.18 Å². The molecule has 0 spiro atoms. The molecule has 0 radical (unpaired) electrons. The Kier molecular flexibility index (Phi) is 5.58. The average molecular weight is 456 g/mol. The molecule has 0 aliphatic carbocycles. The van der Waals surface area contributed by atoms with Crippen LogP contribution in [0.25, 0.3) is 5.65 Å². The summed E-state index contributed by atoms with van der Waals surface area (Å²) in [5.74, 6) is -0.880. The Bertz CT molecular complexity index is 1130. The van der Waals surface area contributed by atoms with Gasteiger partial charge in [0, 0.05) is 12.4 Å². The fraction of sp³-hybridized carbons (Fsp3) is 0.333. The molecule has 4 rings (SSSR count). The number of rotatable bonds is 4. The van der Waals surface area contributed by atoms with Crippen molar-refractivity contribution in [3.05, 3.63) is 40.9 Å². The molecular formula is C18H17ClF3N7O2. The van der Waals surface area contributed by atoms with Crippen molar-refractivity contribution in [3.63, 3.8) is 0 Å². The van der Waals surface area contributed by atoms with Crippen LogP contribution < -0.4 is 21.1 Å². The zero-order valence-electron chi connectivity index (χ0n) is 15.9. The van der Waals surface area contributed by atoms with E-state index in [2.05, 4.69) is 25.7 Å². The SMILES string of the molecule is Nc1nn2ccc(C(F)(F)F)nc2c1C(=O)Nc1cncc(Cl)c1OC1CCNCC1. The lowest BCUT2D eigenvalue weighted by Crippen LogP contribution is -2.34. The summed E-state index contributed by atoms with van der Waals surface area (Å²) in [6, 6.07) is 0.743. The van der Waals surface area contributed by atoms with E-state index in [9.17, 15) is 18.0 Å². The fourth-order valence-electron chi connectivity index (χ4n) is 3.22. The third-order valence-electron chi connectivity index (χ3n) is 4.70. The molecular weight excluding hydrogens is 439 g/mol. The molecule has 3 aromatic rings. The Balaban J connectivity index is 1.66. The Labute approximate surface area is 178 Å². The fourth-order valence-corrected chi connectivity index (χ4v) is 3.42. The van der Waals surface area contributed by atoms with E-state index in [4.69, 9.17) is 22.1 Å². The molecule has 13 heteroatoms. The van der Waals surface area contributed by atoms with Gasteiger partial charge in [0.05, 0.1) is 6.20 Å². The summed E-state index contributed by atoms with van der Waals surface area (Å²) in [5.41, 5.74) is 4.13. The maximum atomic E-state index is 13.1. The number of pyridine rings is 1. The van der Waals surface area contributed by atoms with E-state index in [-0.39, 0.29) is 39.6 Å². The van der Waals surface area contributed by atoms with Crippen molar-refractivity contribution in [3.8, 4) is 5.75 Å². The first-order valence-corrected chi connectivity index (χ1v) is 9.66. The van der Waals surface area contributed by atoms with Gasteiger partial charge in [-0.15, -0.1) is 5.10 Å². The minimum absolute atomic E-state index is 0.116. The number of amides is 1. The predicted molar refractivity (Wildman–Crippen MR) is 106 cm³/mol. The topological polar surface area (TPSA) is 119 Å². The van der Waals surface area contributed by atoms with Crippen LogP contribution in [-0.2, 0) is 6.18 Å². The van der Waals surface area contributed by atoms with Gasteiger partial charge in [0.15, 0.2) is 17.2 Å². The van der Waals surface area contributed by atoms with Gasteiger partial charge in [-0.2, -0.15) is 13.2 Å². The monoisotopic (exact) mass is 455 g/mol. The normalized spacial score (nSPS) is 15.2. The highest BCUT2D eigenvalue weighted by molar-refractivity contribution is 6.32. The van der Waals surface area contributed by atoms with Gasteiger partial charge in [-0.1, -0.05) is 11.6 Å². The number of nitrogens with one attached hydrogen (secondary N) is 2. The zero-order chi connectivity index (χ0) is 22.2. The minimum Gasteiger partial charge on any atom is -0.486 e. The number of piperidine rings is 1. The molecule has 0 atom stereocenters. The van der Waals surface area contributed by atoms with Gasteiger partial charge in [-0.25, -0.2) is 9.50 Å². The number of halogens is 4. The van der Waals surface area contributed by atoms with Crippen molar-refractivity contribution >= 4 is 34.7 Å². The Morgan fingerprint density at radius 2 is 2.06 bits per heavy atom. The first-order valence-electron chi connectivity index (χ1n) is 9.28. The Morgan fingerprint density at radius 3 is 2.77 bits per heavy atom. The van der Waals surface area contributed by atoms with Crippen molar-refractivity contribution in [1.82, 2.24) is 24.9 Å². The minimum atomic E-state index is -4.69. The van der Waals surface area contributed by atoms with Crippen molar-refractivity contribution < 1.29 is 22.7 Å². The van der Waals surface area contributed by atoms with Crippen LogP contribution in [0, 0.1) is 0 Å². The van der Waals surface area contributed by atoms with E-state index in [0.717, 1.165) is 42.7 Å². The Hall–Kier alpha value is -3.12. The molecule has 1 aliphatic rings. The molecule has 31 heavy (non-hydrogen) atoms. The molecule has 0 saturated carbocycles. The number of fused-ring (bicyclic) bond motifs is 1. The van der Waals surface area contributed by atoms with E-state index in [1.165, 1.54) is 12.4 Å². The second kappa shape index (κ2) is 8.19. The zero-order valence-corrected chi connectivity index (χ0v) is 16.7. The number of nitrogens with two attached hydrogens (primary N) is 1. The van der Waals surface area contributed by atoms with Gasteiger partial charge < -0.3 is 21.1 Å². The van der Waals surface area contributed by atoms with E-state index in [1.807, 2.05) is 0 Å². The highest BCUT2D eigenvalue weighted by atomic mass is 35.5. The summed E-state index contributed by atoms with van der Waals surface area (Å²) in [4.78, 5) is 20.4. The van der Waals surface area contributed by atoms with E-state index in [1.54, 1.807) is 0 Å². The molecule has 4 heterocycles. The molecule has 1 amide bonds. The smallest absolute Gasteiger partial charge is 0.433 e. The van der Waals surface area contributed by atoms with Gasteiger partial charge in [0.2, 0.25) is 0 Å². The predicted octanol–water partition coefficient (Wildman–Crippen LogP) is 2.76. The largest absolute Gasteiger partial charge is 0.486 e. The van der Waals surface area contributed by atoms with Crippen LogP contribution in [0.15, 0.2) is 24.7 Å². The second-order valence-electron chi connectivity index (χ2n) is 6.86. The summed E-state index contributed by atoms with van der Waals surface area (Å²) in [6.07, 6.45) is 0.417. The maximum absolute atomic E-state index is 13.1. The van der Waals surface area contributed by atoms with E-state index in [0.29, 0.717) is 0 Å². The lowest BCUT2D eigenvalue weighted by Gasteiger charge is -2.25. The standard InChI is InChI=1S/C18H17ClF3N7O2/c19-10-7-25-8-11(14(10)31-9-1-4-24-5-2-9)26-17(30)13-15(23)28-29-6-3-12(18(20,21)22)27-16(13)29/h3,6-9,24H,1-2,4-5H2,(H2,23,28)(H,26,30). The molecule has 1 aliphatic heterocycles. The number of nitrogen functional groups attached to an aromatic ring is 1. The highest BCUT2D eigenvalue weighted by Gasteiger charge is 2.34. The Morgan fingerprint density at radius 1 is 1.32 bits per heavy atom. The first kappa shape index (κ1) is 21.1. The van der Waals surface area contributed by atoms with Gasteiger partial charge in [0.25, 0.3) is 5.91 Å². The number of nitrogens with zero attached hydrogens (tertiary/aromatic N) is 4. The average Bonchev–Trinajstić information content (AvgIpc) is 3.05. The van der Waals surface area contributed by atoms with Crippen LogP contribution in [0.2, 0.25) is 5.02 Å². The van der Waals surface area contributed by atoms with Gasteiger partial charge in [-0.3, -0.25) is 9.78 Å². The maximum Gasteiger partial charge on any atom is 0.433 e. The number of anilines is 2. The molecule has 4 N–H and O–H groups in total. The molecule has 164 valence electrons. The summed E-state index contributed by atoms with van der Waals surface area (Å²) in [6.45, 7) is 1.56. The van der Waals surface area contributed by atoms with Crippen molar-refractivity contribution in [2.45, 2.75) is 25.1 Å². The first-order chi connectivity index (χ1) is 14.7. The molecule has 3 aromatic heterocycles. The third kappa shape index (κ3) is 4.35. The van der Waals surface area contributed by atoms with Crippen molar-refractivity contribution in [2.24, 2.45) is 0 Å². The molecule has 0 unspecified atom stereocenters. The van der Waals surface area contributed by atoms with Crippen LogP contribution in [0.4, 0.5) is 24.7 Å². The summed E-state index contributed by atoms with van der Waals surface area (Å²) in [7, 11) is 0. The van der Waals surface area contributed by atoms with E-state index >= 15 is 0 Å². The molecule has 0 aromatic carbocycles.